The molecule has 5 amide bonds. The summed E-state index contributed by atoms with van der Waals surface area (Å²) in [6.07, 6.45) is 1.65. The number of nitrogens with two attached hydrogens (primary N) is 3. The molecule has 4 rings (SSSR count). The number of primary amides is 1. The maximum atomic E-state index is 14.1. The second-order valence-electron chi connectivity index (χ2n) is 16.4. The van der Waals surface area contributed by atoms with Crippen molar-refractivity contribution in [1.29, 1.82) is 0 Å². The maximum Gasteiger partial charge on any atom is 0.305 e. The summed E-state index contributed by atoms with van der Waals surface area (Å²) in [6.45, 7) is 7.34. The van der Waals surface area contributed by atoms with Crippen LogP contribution in [-0.4, -0.2) is 110 Å². The van der Waals surface area contributed by atoms with Crippen molar-refractivity contribution in [3.05, 3.63) is 71.5 Å². The van der Waals surface area contributed by atoms with Crippen molar-refractivity contribution in [2.75, 3.05) is 13.1 Å². The van der Waals surface area contributed by atoms with E-state index in [0.29, 0.717) is 35.0 Å². The molecular formula is C45H60N10O9. The average molecular weight is 885 g/mol. The van der Waals surface area contributed by atoms with Crippen molar-refractivity contribution in [1.82, 2.24) is 30.8 Å². The Balaban J connectivity index is 1.40. The van der Waals surface area contributed by atoms with Crippen LogP contribution < -0.4 is 33.2 Å². The number of amides is 5. The lowest BCUT2D eigenvalue weighted by Gasteiger charge is -2.33. The molecule has 1 unspecified atom stereocenters. The van der Waals surface area contributed by atoms with Gasteiger partial charge in [-0.15, -0.1) is 0 Å². The van der Waals surface area contributed by atoms with Crippen LogP contribution in [-0.2, 0) is 46.4 Å². The SMILES string of the molecule is CC[C@H](C)[C@H](NC(=O)[C@@H](CCCN=C(N)N)CC(=O)[C@H](CC(=O)O)NC(=O)[C@H]([C@@H](C)CC)N1CCC(NC(=O)Cc2ccc(CC(=O)c3cnc4ccccc4n3)cc2)C1=O)C(N)=O. The first-order chi connectivity index (χ1) is 30.4. The first-order valence-corrected chi connectivity index (χ1v) is 21.5. The van der Waals surface area contributed by atoms with Gasteiger partial charge in [-0.2, -0.15) is 0 Å². The topological polar surface area (TPSA) is 312 Å². The van der Waals surface area contributed by atoms with Gasteiger partial charge in [0.15, 0.2) is 17.5 Å². The zero-order chi connectivity index (χ0) is 47.1. The molecule has 19 nitrogen and oxygen atoms in total. The van der Waals surface area contributed by atoms with Gasteiger partial charge in [0.05, 0.1) is 36.1 Å². The molecule has 64 heavy (non-hydrogen) atoms. The van der Waals surface area contributed by atoms with Gasteiger partial charge in [0.25, 0.3) is 0 Å². The minimum Gasteiger partial charge on any atom is -0.481 e. The van der Waals surface area contributed by atoms with Crippen LogP contribution in [0.1, 0.15) is 94.3 Å². The largest absolute Gasteiger partial charge is 0.481 e. The normalized spacial score (nSPS) is 16.4. The van der Waals surface area contributed by atoms with Gasteiger partial charge < -0.3 is 43.2 Å². The molecule has 1 aliphatic rings. The number of carboxylic acid groups (broad SMARTS) is 1. The van der Waals surface area contributed by atoms with Crippen LogP contribution in [0, 0.1) is 17.8 Å². The summed E-state index contributed by atoms with van der Waals surface area (Å²) < 4.78 is 0. The van der Waals surface area contributed by atoms with E-state index in [2.05, 4.69) is 30.9 Å². The molecule has 0 spiro atoms. The Bertz CT molecular complexity index is 2210. The molecule has 1 aliphatic heterocycles. The molecule has 1 fully saturated rings. The van der Waals surface area contributed by atoms with E-state index in [4.69, 9.17) is 17.2 Å². The number of carbonyl (C=O) groups excluding carboxylic acids is 7. The van der Waals surface area contributed by atoms with E-state index in [1.54, 1.807) is 44.2 Å². The van der Waals surface area contributed by atoms with Gasteiger partial charge >= 0.3 is 5.97 Å². The molecule has 10 N–H and O–H groups in total. The Hall–Kier alpha value is -6.79. The number of rotatable bonds is 25. The van der Waals surface area contributed by atoms with Crippen LogP contribution in [0.3, 0.4) is 0 Å². The van der Waals surface area contributed by atoms with Gasteiger partial charge in [-0.05, 0) is 54.4 Å². The van der Waals surface area contributed by atoms with E-state index in [9.17, 15) is 43.5 Å². The number of likely N-dealkylation sites (tertiary alicyclic amines) is 1. The Labute approximate surface area is 371 Å². The van der Waals surface area contributed by atoms with E-state index in [-0.39, 0.29) is 68.5 Å². The number of carboxylic acids is 1. The lowest BCUT2D eigenvalue weighted by molar-refractivity contribution is -0.144. The van der Waals surface area contributed by atoms with Gasteiger partial charge in [-0.25, -0.2) is 4.98 Å². The van der Waals surface area contributed by atoms with Gasteiger partial charge in [-0.1, -0.05) is 76.9 Å². The van der Waals surface area contributed by atoms with Crippen molar-refractivity contribution in [3.63, 3.8) is 0 Å². The monoisotopic (exact) mass is 884 g/mol. The number of carbonyl (C=O) groups is 8. The lowest BCUT2D eigenvalue weighted by Crippen LogP contribution is -2.56. The Morgan fingerprint density at radius 1 is 0.859 bits per heavy atom. The second kappa shape index (κ2) is 23.6. The van der Waals surface area contributed by atoms with Gasteiger partial charge in [-0.3, -0.25) is 48.3 Å². The smallest absolute Gasteiger partial charge is 0.305 e. The van der Waals surface area contributed by atoms with E-state index >= 15 is 0 Å². The number of aromatic nitrogens is 2. The Morgan fingerprint density at radius 2 is 1.50 bits per heavy atom. The fourth-order valence-corrected chi connectivity index (χ4v) is 7.55. The van der Waals surface area contributed by atoms with Crippen molar-refractivity contribution >= 4 is 64.1 Å². The summed E-state index contributed by atoms with van der Waals surface area (Å²) in [5, 5.41) is 17.7. The highest BCUT2D eigenvalue weighted by Gasteiger charge is 2.43. The predicted molar refractivity (Wildman–Crippen MR) is 237 cm³/mol. The third kappa shape index (κ3) is 14.1. The number of nitrogens with one attached hydrogen (secondary N) is 3. The van der Waals surface area contributed by atoms with E-state index in [1.165, 1.54) is 11.1 Å². The molecule has 0 saturated carbocycles. The number of aliphatic imine (C=N–C) groups is 1. The number of Topliss-reactive ketones (excluding diaryl/α,β-unsaturated/α-hetero) is 2. The van der Waals surface area contributed by atoms with E-state index < -0.39 is 90.1 Å². The molecule has 7 atom stereocenters. The Morgan fingerprint density at radius 3 is 2.11 bits per heavy atom. The second-order valence-corrected chi connectivity index (χ2v) is 16.4. The number of hydrogen-bond donors (Lipinski definition) is 7. The molecule has 2 aromatic carbocycles. The zero-order valence-electron chi connectivity index (χ0n) is 36.7. The van der Waals surface area contributed by atoms with Crippen LogP contribution in [0.4, 0.5) is 0 Å². The first kappa shape index (κ1) is 49.9. The van der Waals surface area contributed by atoms with Crippen LogP contribution in [0.25, 0.3) is 11.0 Å². The minimum atomic E-state index is -1.57. The number of fused-ring (bicyclic) bond motifs is 1. The number of ketones is 2. The number of guanidine groups is 1. The van der Waals surface area contributed by atoms with Crippen molar-refractivity contribution in [2.45, 2.75) is 110 Å². The predicted octanol–water partition coefficient (Wildman–Crippen LogP) is 1.33. The number of benzene rings is 2. The molecule has 1 aromatic heterocycles. The number of nitrogens with zero attached hydrogens (tertiary/aromatic N) is 4. The van der Waals surface area contributed by atoms with Crippen LogP contribution in [0.5, 0.6) is 0 Å². The zero-order valence-corrected chi connectivity index (χ0v) is 36.7. The van der Waals surface area contributed by atoms with Gasteiger partial charge in [0.1, 0.15) is 23.8 Å². The molecule has 2 heterocycles. The minimum absolute atomic E-state index is 0.0590. The molecule has 0 aliphatic carbocycles. The number of para-hydroxylation sites is 2. The van der Waals surface area contributed by atoms with Crippen molar-refractivity contribution < 1.29 is 43.5 Å². The fraction of sp³-hybridized carbons (Fsp3) is 0.489. The summed E-state index contributed by atoms with van der Waals surface area (Å²) in [5.41, 5.74) is 19.3. The number of aliphatic carboxylic acids is 1. The van der Waals surface area contributed by atoms with Crippen LogP contribution in [0.2, 0.25) is 0 Å². The molecule has 0 bridgehead atoms. The third-order valence-corrected chi connectivity index (χ3v) is 11.6. The Kier molecular flexibility index (Phi) is 18.4. The highest BCUT2D eigenvalue weighted by Crippen LogP contribution is 2.24. The molecule has 0 radical (unpaired) electrons. The first-order valence-electron chi connectivity index (χ1n) is 21.5. The third-order valence-electron chi connectivity index (χ3n) is 11.6. The standard InChI is InChI=1S/C45H60N10O9/c1-5-25(3)39(41(46)61)54-42(62)29(10-9-18-49-45(47)48)22-36(57)33(23-38(59)60)53-43(63)40(26(4)6-2)55-19-17-32(44(55)64)52-37(58)21-28-15-13-27(14-16-28)20-35(56)34-24-50-30-11-7-8-12-31(30)51-34/h7-8,11-16,24-26,29,32-33,39-40H,5-6,9-10,17-23H2,1-4H3,(H2,46,61)(H,52,58)(H,53,63)(H,54,62)(H,59,60)(H4,47,48,49)/t25-,26-,29-,32?,33-,39-,40-/m0/s1. The average Bonchev–Trinajstić information content (AvgIpc) is 3.60. The van der Waals surface area contributed by atoms with Gasteiger partial charge in [0.2, 0.25) is 29.5 Å². The highest BCUT2D eigenvalue weighted by atomic mass is 16.4. The maximum absolute atomic E-state index is 14.1. The molecule has 3 aromatic rings. The lowest BCUT2D eigenvalue weighted by atomic mass is 9.90. The quantitative estimate of drug-likeness (QED) is 0.0274. The molecule has 344 valence electrons. The number of hydrogen-bond acceptors (Lipinski definition) is 11. The van der Waals surface area contributed by atoms with Crippen molar-refractivity contribution in [2.24, 2.45) is 39.9 Å². The van der Waals surface area contributed by atoms with E-state index in [0.717, 1.165) is 0 Å². The van der Waals surface area contributed by atoms with Crippen LogP contribution in [0.15, 0.2) is 59.7 Å². The molecule has 19 heteroatoms. The fourth-order valence-electron chi connectivity index (χ4n) is 7.55. The van der Waals surface area contributed by atoms with Gasteiger partial charge in [0, 0.05) is 31.8 Å². The van der Waals surface area contributed by atoms with Crippen LogP contribution >= 0.6 is 0 Å². The summed E-state index contributed by atoms with van der Waals surface area (Å²) in [7, 11) is 0. The van der Waals surface area contributed by atoms with Crippen molar-refractivity contribution in [3.8, 4) is 0 Å². The summed E-state index contributed by atoms with van der Waals surface area (Å²) >= 11 is 0. The molecular weight excluding hydrogens is 825 g/mol. The molecule has 1 saturated heterocycles. The van der Waals surface area contributed by atoms with E-state index in [1.807, 2.05) is 32.0 Å². The summed E-state index contributed by atoms with van der Waals surface area (Å²) in [4.78, 5) is 120. The highest BCUT2D eigenvalue weighted by molar-refractivity contribution is 5.99. The summed E-state index contributed by atoms with van der Waals surface area (Å²) in [5.74, 6) is -7.48. The summed E-state index contributed by atoms with van der Waals surface area (Å²) in [6, 6.07) is 9.52.